The summed E-state index contributed by atoms with van der Waals surface area (Å²) in [5.41, 5.74) is 1.16. The monoisotopic (exact) mass is 358 g/mol. The second-order valence-corrected chi connectivity index (χ2v) is 5.59. The highest BCUT2D eigenvalue weighted by Crippen LogP contribution is 2.28. The van der Waals surface area contributed by atoms with Crippen LogP contribution in [0, 0.1) is 6.92 Å². The van der Waals surface area contributed by atoms with Crippen LogP contribution in [-0.2, 0) is 0 Å². The summed E-state index contributed by atoms with van der Waals surface area (Å²) in [5, 5.41) is 9.94. The van der Waals surface area contributed by atoms with Crippen molar-refractivity contribution in [2.24, 2.45) is 0 Å². The minimum absolute atomic E-state index is 0.320. The third kappa shape index (κ3) is 4.07. The maximum Gasteiger partial charge on any atom is 0.258 e. The first-order valence-corrected chi connectivity index (χ1v) is 7.74. The molecule has 7 nitrogen and oxygen atoms in total. The number of carbonyl (C=O) groups excluding carboxylic acids is 1. The maximum atomic E-state index is 12.1. The molecule has 2 aromatic heterocycles. The fourth-order valence-electron chi connectivity index (χ4n) is 2.11. The van der Waals surface area contributed by atoms with Crippen molar-refractivity contribution in [3.8, 4) is 5.75 Å². The fraction of sp³-hybridized carbons (Fsp3) is 0.118. The van der Waals surface area contributed by atoms with Gasteiger partial charge in [-0.3, -0.25) is 4.79 Å². The molecule has 8 heteroatoms. The van der Waals surface area contributed by atoms with Crippen molar-refractivity contribution < 1.29 is 14.1 Å². The van der Waals surface area contributed by atoms with Crippen LogP contribution in [0.25, 0.3) is 0 Å². The summed E-state index contributed by atoms with van der Waals surface area (Å²) in [6, 6.07) is 10.3. The fourth-order valence-corrected chi connectivity index (χ4v) is 2.37. The number of ether oxygens (including phenoxy) is 1. The maximum absolute atomic E-state index is 12.1. The van der Waals surface area contributed by atoms with Gasteiger partial charge in [0, 0.05) is 18.0 Å². The molecule has 0 bridgehead atoms. The van der Waals surface area contributed by atoms with Crippen LogP contribution >= 0.6 is 11.6 Å². The molecule has 2 heterocycles. The third-order valence-corrected chi connectivity index (χ3v) is 3.61. The number of hydrogen-bond donors (Lipinski definition) is 2. The summed E-state index contributed by atoms with van der Waals surface area (Å²) in [6.45, 7) is 1.75. The van der Waals surface area contributed by atoms with E-state index in [1.165, 1.54) is 6.20 Å². The largest absolute Gasteiger partial charge is 0.495 e. The van der Waals surface area contributed by atoms with Crippen LogP contribution in [0.1, 0.15) is 16.1 Å². The van der Waals surface area contributed by atoms with E-state index in [0.29, 0.717) is 33.7 Å². The van der Waals surface area contributed by atoms with Gasteiger partial charge in [-0.25, -0.2) is 4.98 Å². The zero-order valence-corrected chi connectivity index (χ0v) is 14.3. The predicted molar refractivity (Wildman–Crippen MR) is 94.7 cm³/mol. The van der Waals surface area contributed by atoms with Crippen molar-refractivity contribution in [1.82, 2.24) is 10.1 Å². The van der Waals surface area contributed by atoms with Crippen LogP contribution in [0.4, 0.5) is 17.3 Å². The Kier molecular flexibility index (Phi) is 4.85. The van der Waals surface area contributed by atoms with E-state index in [2.05, 4.69) is 20.8 Å². The van der Waals surface area contributed by atoms with Crippen molar-refractivity contribution >= 4 is 34.8 Å². The number of carbonyl (C=O) groups is 1. The van der Waals surface area contributed by atoms with Gasteiger partial charge >= 0.3 is 0 Å². The molecule has 2 N–H and O–H groups in total. The SMILES string of the molecule is COc1ccc(Nc2ccc(C(=O)Nc3cc(C)on3)cn2)cc1Cl. The average Bonchev–Trinajstić information content (AvgIpc) is 3.00. The van der Waals surface area contributed by atoms with E-state index in [9.17, 15) is 4.79 Å². The number of pyridine rings is 1. The molecule has 0 unspecified atom stereocenters. The first kappa shape index (κ1) is 16.8. The van der Waals surface area contributed by atoms with Crippen LogP contribution < -0.4 is 15.4 Å². The number of aryl methyl sites for hydroxylation is 1. The molecule has 0 spiro atoms. The van der Waals surface area contributed by atoms with Gasteiger partial charge in [0.15, 0.2) is 5.82 Å². The lowest BCUT2D eigenvalue weighted by molar-refractivity contribution is 0.102. The molecule has 0 fully saturated rings. The minimum Gasteiger partial charge on any atom is -0.495 e. The third-order valence-electron chi connectivity index (χ3n) is 3.32. The van der Waals surface area contributed by atoms with Gasteiger partial charge in [0.2, 0.25) is 0 Å². The van der Waals surface area contributed by atoms with Crippen molar-refractivity contribution in [3.63, 3.8) is 0 Å². The van der Waals surface area contributed by atoms with E-state index in [1.807, 2.05) is 6.07 Å². The second kappa shape index (κ2) is 7.23. The molecule has 0 atom stereocenters. The van der Waals surface area contributed by atoms with Gasteiger partial charge in [-0.2, -0.15) is 0 Å². The molecular weight excluding hydrogens is 344 g/mol. The zero-order chi connectivity index (χ0) is 17.8. The van der Waals surface area contributed by atoms with Gasteiger partial charge in [-0.1, -0.05) is 16.8 Å². The van der Waals surface area contributed by atoms with E-state index in [4.69, 9.17) is 20.9 Å². The van der Waals surface area contributed by atoms with Gasteiger partial charge in [-0.15, -0.1) is 0 Å². The van der Waals surface area contributed by atoms with Gasteiger partial charge in [0.05, 0.1) is 17.7 Å². The Labute approximate surface area is 149 Å². The minimum atomic E-state index is -0.320. The molecule has 128 valence electrons. The molecule has 1 amide bonds. The van der Waals surface area contributed by atoms with Crippen molar-refractivity contribution in [2.45, 2.75) is 6.92 Å². The highest BCUT2D eigenvalue weighted by Gasteiger charge is 2.10. The number of aromatic nitrogens is 2. The molecule has 3 aromatic rings. The Bertz CT molecular complexity index is 893. The van der Waals surface area contributed by atoms with Gasteiger partial charge in [0.1, 0.15) is 17.3 Å². The smallest absolute Gasteiger partial charge is 0.258 e. The van der Waals surface area contributed by atoms with Crippen molar-refractivity contribution in [1.29, 1.82) is 0 Å². The Hall–Kier alpha value is -3.06. The molecule has 0 aliphatic heterocycles. The predicted octanol–water partition coefficient (Wildman–Crippen LogP) is 4.04. The Morgan fingerprint density at radius 3 is 2.64 bits per heavy atom. The number of benzene rings is 1. The second-order valence-electron chi connectivity index (χ2n) is 5.18. The van der Waals surface area contributed by atoms with Crippen molar-refractivity contribution in [3.05, 3.63) is 58.9 Å². The van der Waals surface area contributed by atoms with E-state index in [1.54, 1.807) is 44.4 Å². The molecule has 3 rings (SSSR count). The number of halogens is 1. The van der Waals surface area contributed by atoms with Gasteiger partial charge in [-0.05, 0) is 37.3 Å². The number of nitrogens with one attached hydrogen (secondary N) is 2. The molecule has 0 radical (unpaired) electrons. The van der Waals surface area contributed by atoms with E-state index < -0.39 is 0 Å². The molecule has 0 saturated carbocycles. The molecule has 0 aliphatic rings. The lowest BCUT2D eigenvalue weighted by atomic mass is 10.2. The number of hydrogen-bond acceptors (Lipinski definition) is 6. The first-order valence-electron chi connectivity index (χ1n) is 7.36. The van der Waals surface area contributed by atoms with Crippen molar-refractivity contribution in [2.75, 3.05) is 17.7 Å². The normalized spacial score (nSPS) is 10.4. The van der Waals surface area contributed by atoms with Crippen LogP contribution in [-0.4, -0.2) is 23.2 Å². The number of rotatable bonds is 5. The van der Waals surface area contributed by atoms with E-state index >= 15 is 0 Å². The average molecular weight is 359 g/mol. The van der Waals surface area contributed by atoms with E-state index in [0.717, 1.165) is 5.69 Å². The quantitative estimate of drug-likeness (QED) is 0.715. The zero-order valence-electron chi connectivity index (χ0n) is 13.5. The Morgan fingerprint density at radius 1 is 1.20 bits per heavy atom. The van der Waals surface area contributed by atoms with Crippen LogP contribution in [0.5, 0.6) is 5.75 Å². The summed E-state index contributed by atoms with van der Waals surface area (Å²) >= 11 is 6.09. The topological polar surface area (TPSA) is 89.3 Å². The Morgan fingerprint density at radius 2 is 2.04 bits per heavy atom. The van der Waals surface area contributed by atoms with E-state index in [-0.39, 0.29) is 5.91 Å². The molecule has 1 aromatic carbocycles. The lowest BCUT2D eigenvalue weighted by Crippen LogP contribution is -2.12. The molecule has 0 aliphatic carbocycles. The summed E-state index contributed by atoms with van der Waals surface area (Å²) in [4.78, 5) is 16.3. The number of amides is 1. The van der Waals surface area contributed by atoms with Crippen LogP contribution in [0.3, 0.4) is 0 Å². The highest BCUT2D eigenvalue weighted by molar-refractivity contribution is 6.32. The van der Waals surface area contributed by atoms with Gasteiger partial charge < -0.3 is 19.9 Å². The molecule has 0 saturated heterocycles. The lowest BCUT2D eigenvalue weighted by Gasteiger charge is -2.09. The first-order chi connectivity index (χ1) is 12.0. The summed E-state index contributed by atoms with van der Waals surface area (Å²) < 4.78 is 10.0. The summed E-state index contributed by atoms with van der Waals surface area (Å²) in [7, 11) is 1.56. The molecular formula is C17H15ClN4O3. The number of anilines is 3. The van der Waals surface area contributed by atoms with Gasteiger partial charge in [0.25, 0.3) is 5.91 Å². The summed E-state index contributed by atoms with van der Waals surface area (Å²) in [5.74, 6) is 1.83. The molecule has 25 heavy (non-hydrogen) atoms. The number of nitrogens with zero attached hydrogens (tertiary/aromatic N) is 2. The van der Waals surface area contributed by atoms with Crippen LogP contribution in [0.15, 0.2) is 47.1 Å². The highest BCUT2D eigenvalue weighted by atomic mass is 35.5. The van der Waals surface area contributed by atoms with Crippen LogP contribution in [0.2, 0.25) is 5.02 Å². The summed E-state index contributed by atoms with van der Waals surface area (Å²) in [6.07, 6.45) is 1.47. The number of methoxy groups -OCH3 is 1. The standard InChI is InChI=1S/C17H15ClN4O3/c1-10-7-16(22-25-10)21-17(23)11-3-6-15(19-9-11)20-12-4-5-14(24-2)13(18)8-12/h3-9H,1-2H3,(H,19,20)(H,21,22,23). The Balaban J connectivity index is 1.67.